The van der Waals surface area contributed by atoms with Crippen molar-refractivity contribution in [3.8, 4) is 0 Å². The standard InChI is InChI=1S/C16H23N5O3S/c1-11(2)15-10-14(20-21(15)3)16(22)19-12-5-4-6-13(9-12)25(23,24)18-8-7-17/h4-6,9-11,18H,7-8,17H2,1-3H3,(H,19,22). The number of rotatable bonds is 7. The van der Waals surface area contributed by atoms with Gasteiger partial charge in [-0.15, -0.1) is 0 Å². The van der Waals surface area contributed by atoms with Gasteiger partial charge in [0.05, 0.1) is 4.90 Å². The second-order valence-electron chi connectivity index (χ2n) is 5.90. The minimum Gasteiger partial charge on any atom is -0.329 e. The molecule has 9 heteroatoms. The van der Waals surface area contributed by atoms with Crippen molar-refractivity contribution in [3.63, 3.8) is 0 Å². The number of nitrogens with one attached hydrogen (secondary N) is 2. The van der Waals surface area contributed by atoms with Crippen LogP contribution in [0.25, 0.3) is 0 Å². The molecule has 0 radical (unpaired) electrons. The number of amides is 1. The molecule has 0 saturated carbocycles. The van der Waals surface area contributed by atoms with Crippen molar-refractivity contribution in [2.45, 2.75) is 24.7 Å². The van der Waals surface area contributed by atoms with Crippen LogP contribution in [0.15, 0.2) is 35.2 Å². The maximum Gasteiger partial charge on any atom is 0.276 e. The van der Waals surface area contributed by atoms with Gasteiger partial charge in [0.15, 0.2) is 5.69 Å². The van der Waals surface area contributed by atoms with E-state index in [1.807, 2.05) is 13.8 Å². The number of hydrogen-bond donors (Lipinski definition) is 3. The molecule has 8 nitrogen and oxygen atoms in total. The molecule has 1 amide bonds. The molecule has 4 N–H and O–H groups in total. The molecule has 1 aromatic heterocycles. The lowest BCUT2D eigenvalue weighted by atomic mass is 10.1. The summed E-state index contributed by atoms with van der Waals surface area (Å²) in [6.45, 7) is 4.38. The van der Waals surface area contributed by atoms with Gasteiger partial charge < -0.3 is 11.1 Å². The van der Waals surface area contributed by atoms with Gasteiger partial charge in [0.1, 0.15) is 0 Å². The van der Waals surface area contributed by atoms with Crippen LogP contribution in [-0.4, -0.2) is 37.2 Å². The van der Waals surface area contributed by atoms with Crippen molar-refractivity contribution in [1.29, 1.82) is 0 Å². The fourth-order valence-electron chi connectivity index (χ4n) is 2.35. The zero-order valence-electron chi connectivity index (χ0n) is 14.5. The maximum atomic E-state index is 12.4. The number of carbonyl (C=O) groups excluding carboxylic acids is 1. The second-order valence-corrected chi connectivity index (χ2v) is 7.67. The lowest BCUT2D eigenvalue weighted by Gasteiger charge is -2.08. The average Bonchev–Trinajstić information content (AvgIpc) is 2.95. The van der Waals surface area contributed by atoms with E-state index >= 15 is 0 Å². The Bertz CT molecular complexity index is 858. The summed E-state index contributed by atoms with van der Waals surface area (Å²) in [5.41, 5.74) is 6.90. The molecule has 0 spiro atoms. The van der Waals surface area contributed by atoms with Crippen LogP contribution in [0, 0.1) is 0 Å². The Balaban J connectivity index is 2.19. The molecule has 2 aromatic rings. The van der Waals surface area contributed by atoms with Crippen LogP contribution in [0.1, 0.15) is 35.9 Å². The molecule has 25 heavy (non-hydrogen) atoms. The van der Waals surface area contributed by atoms with Gasteiger partial charge in [-0.05, 0) is 30.2 Å². The number of aryl methyl sites for hydroxylation is 1. The smallest absolute Gasteiger partial charge is 0.276 e. The summed E-state index contributed by atoms with van der Waals surface area (Å²) >= 11 is 0. The minimum absolute atomic E-state index is 0.0580. The van der Waals surface area contributed by atoms with E-state index in [9.17, 15) is 13.2 Å². The van der Waals surface area contributed by atoms with E-state index in [0.29, 0.717) is 5.69 Å². The van der Waals surface area contributed by atoms with E-state index in [4.69, 9.17) is 5.73 Å². The molecule has 1 aromatic carbocycles. The number of aromatic nitrogens is 2. The van der Waals surface area contributed by atoms with Gasteiger partial charge in [-0.3, -0.25) is 9.48 Å². The summed E-state index contributed by atoms with van der Waals surface area (Å²) in [5.74, 6) is -0.159. The fraction of sp³-hybridized carbons (Fsp3) is 0.375. The highest BCUT2D eigenvalue weighted by atomic mass is 32.2. The average molecular weight is 365 g/mol. The molecule has 0 aliphatic carbocycles. The van der Waals surface area contributed by atoms with Gasteiger partial charge in [0.2, 0.25) is 10.0 Å². The third-order valence-corrected chi connectivity index (χ3v) is 5.04. The summed E-state index contributed by atoms with van der Waals surface area (Å²) in [7, 11) is -1.88. The largest absolute Gasteiger partial charge is 0.329 e. The Morgan fingerprint density at radius 2 is 2.04 bits per heavy atom. The lowest BCUT2D eigenvalue weighted by molar-refractivity contribution is 0.102. The number of nitrogens with zero attached hydrogens (tertiary/aromatic N) is 2. The predicted molar refractivity (Wildman–Crippen MR) is 95.9 cm³/mol. The van der Waals surface area contributed by atoms with Crippen LogP contribution in [-0.2, 0) is 17.1 Å². The summed E-state index contributed by atoms with van der Waals surface area (Å²) in [5, 5.41) is 6.87. The third-order valence-electron chi connectivity index (χ3n) is 3.58. The number of nitrogens with two attached hydrogens (primary N) is 1. The topological polar surface area (TPSA) is 119 Å². The Morgan fingerprint density at radius 3 is 2.64 bits per heavy atom. The molecule has 1 heterocycles. The molecule has 0 unspecified atom stereocenters. The zero-order valence-corrected chi connectivity index (χ0v) is 15.3. The number of hydrogen-bond acceptors (Lipinski definition) is 5. The van der Waals surface area contributed by atoms with Gasteiger partial charge in [0, 0.05) is 31.5 Å². The number of carbonyl (C=O) groups is 1. The highest BCUT2D eigenvalue weighted by molar-refractivity contribution is 7.89. The van der Waals surface area contributed by atoms with E-state index in [2.05, 4.69) is 15.1 Å². The predicted octanol–water partition coefficient (Wildman–Crippen LogP) is 1.03. The van der Waals surface area contributed by atoms with Crippen LogP contribution in [0.3, 0.4) is 0 Å². The fourth-order valence-corrected chi connectivity index (χ4v) is 3.44. The Morgan fingerprint density at radius 1 is 1.32 bits per heavy atom. The first-order valence-corrected chi connectivity index (χ1v) is 9.38. The Labute approximate surface area is 147 Å². The minimum atomic E-state index is -3.66. The third kappa shape index (κ3) is 4.65. The van der Waals surface area contributed by atoms with Crippen LogP contribution in [0.5, 0.6) is 0 Å². The molecular formula is C16H23N5O3S. The van der Waals surface area contributed by atoms with Gasteiger partial charge >= 0.3 is 0 Å². The van der Waals surface area contributed by atoms with E-state index < -0.39 is 15.9 Å². The first-order chi connectivity index (χ1) is 11.7. The SMILES string of the molecule is CC(C)c1cc(C(=O)Nc2cccc(S(=O)(=O)NCCN)c2)nn1C. The zero-order chi connectivity index (χ0) is 18.6. The van der Waals surface area contributed by atoms with Crippen molar-refractivity contribution in [2.75, 3.05) is 18.4 Å². The molecule has 0 saturated heterocycles. The van der Waals surface area contributed by atoms with Crippen LogP contribution in [0.2, 0.25) is 0 Å². The first kappa shape index (κ1) is 19.1. The van der Waals surface area contributed by atoms with Gasteiger partial charge in [-0.25, -0.2) is 13.1 Å². The highest BCUT2D eigenvalue weighted by Gasteiger charge is 2.17. The maximum absolute atomic E-state index is 12.4. The Hall–Kier alpha value is -2.23. The van der Waals surface area contributed by atoms with Crippen LogP contribution >= 0.6 is 0 Å². The molecule has 0 bridgehead atoms. The Kier molecular flexibility index (Phi) is 5.93. The van der Waals surface area contributed by atoms with Crippen molar-refractivity contribution in [1.82, 2.24) is 14.5 Å². The van der Waals surface area contributed by atoms with Gasteiger partial charge in [-0.1, -0.05) is 19.9 Å². The monoisotopic (exact) mass is 365 g/mol. The summed E-state index contributed by atoms with van der Waals surface area (Å²) in [6.07, 6.45) is 0. The van der Waals surface area contributed by atoms with Crippen molar-refractivity contribution in [3.05, 3.63) is 41.7 Å². The van der Waals surface area contributed by atoms with E-state index in [1.165, 1.54) is 12.1 Å². The first-order valence-electron chi connectivity index (χ1n) is 7.89. The lowest BCUT2D eigenvalue weighted by Crippen LogP contribution is -2.29. The van der Waals surface area contributed by atoms with Crippen molar-refractivity contribution >= 4 is 21.6 Å². The normalized spacial score (nSPS) is 11.7. The van der Waals surface area contributed by atoms with E-state index in [1.54, 1.807) is 29.9 Å². The van der Waals surface area contributed by atoms with Crippen molar-refractivity contribution < 1.29 is 13.2 Å². The summed E-state index contributed by atoms with van der Waals surface area (Å²) in [6, 6.07) is 7.75. The molecule has 2 rings (SSSR count). The molecular weight excluding hydrogens is 342 g/mol. The van der Waals surface area contributed by atoms with E-state index in [-0.39, 0.29) is 29.6 Å². The quantitative estimate of drug-likeness (QED) is 0.677. The van der Waals surface area contributed by atoms with Gasteiger partial charge in [0.25, 0.3) is 5.91 Å². The molecule has 0 aliphatic heterocycles. The second kappa shape index (κ2) is 7.77. The summed E-state index contributed by atoms with van der Waals surface area (Å²) < 4.78 is 28.3. The van der Waals surface area contributed by atoms with E-state index in [0.717, 1.165) is 5.69 Å². The van der Waals surface area contributed by atoms with Crippen molar-refractivity contribution in [2.24, 2.45) is 12.8 Å². The number of sulfonamides is 1. The van der Waals surface area contributed by atoms with Gasteiger partial charge in [-0.2, -0.15) is 5.10 Å². The van der Waals surface area contributed by atoms with Crippen LogP contribution < -0.4 is 15.8 Å². The number of anilines is 1. The molecule has 136 valence electrons. The molecule has 0 aliphatic rings. The van der Waals surface area contributed by atoms with Crippen LogP contribution in [0.4, 0.5) is 5.69 Å². The molecule has 0 fully saturated rings. The molecule has 0 atom stereocenters. The highest BCUT2D eigenvalue weighted by Crippen LogP contribution is 2.18. The number of benzene rings is 1. The summed E-state index contributed by atoms with van der Waals surface area (Å²) in [4.78, 5) is 12.4.